The summed E-state index contributed by atoms with van der Waals surface area (Å²) in [5, 5.41) is 6.92. The average molecular weight is 422 g/mol. The fraction of sp³-hybridized carbons (Fsp3) is 0.682. The molecule has 2 heterocycles. The minimum absolute atomic E-state index is 0.211. The van der Waals surface area contributed by atoms with Crippen LogP contribution in [-0.2, 0) is 17.7 Å². The van der Waals surface area contributed by atoms with Crippen molar-refractivity contribution in [3.8, 4) is 11.5 Å². The SMILES string of the molecule is CCNC(=NCc1cc2c(cc1OCC)CC(C)O2)NCC1(SC)CCOCC1. The smallest absolute Gasteiger partial charge is 0.191 e. The summed E-state index contributed by atoms with van der Waals surface area (Å²) in [4.78, 5) is 4.84. The van der Waals surface area contributed by atoms with Gasteiger partial charge in [0.1, 0.15) is 17.6 Å². The Morgan fingerprint density at radius 3 is 2.76 bits per heavy atom. The Balaban J connectivity index is 1.72. The van der Waals surface area contributed by atoms with E-state index in [4.69, 9.17) is 19.2 Å². The highest BCUT2D eigenvalue weighted by Gasteiger charge is 2.31. The Morgan fingerprint density at radius 2 is 2.07 bits per heavy atom. The Kier molecular flexibility index (Phi) is 7.95. The Labute approximate surface area is 179 Å². The highest BCUT2D eigenvalue weighted by molar-refractivity contribution is 8.00. The molecule has 3 rings (SSSR count). The van der Waals surface area contributed by atoms with Crippen molar-refractivity contribution in [3.05, 3.63) is 23.3 Å². The first-order valence-corrected chi connectivity index (χ1v) is 11.9. The summed E-state index contributed by atoms with van der Waals surface area (Å²) in [6.07, 6.45) is 5.48. The van der Waals surface area contributed by atoms with Crippen molar-refractivity contribution in [2.75, 3.05) is 39.2 Å². The Hall–Kier alpha value is -1.60. The van der Waals surface area contributed by atoms with E-state index in [2.05, 4.69) is 42.9 Å². The van der Waals surface area contributed by atoms with E-state index in [9.17, 15) is 0 Å². The molecule has 0 saturated carbocycles. The number of fused-ring (bicyclic) bond motifs is 1. The van der Waals surface area contributed by atoms with Crippen LogP contribution in [0.4, 0.5) is 0 Å². The molecular formula is C22H35N3O3S. The minimum atomic E-state index is 0.211. The lowest BCUT2D eigenvalue weighted by molar-refractivity contribution is 0.0783. The second kappa shape index (κ2) is 10.4. The maximum atomic E-state index is 5.94. The van der Waals surface area contributed by atoms with E-state index in [-0.39, 0.29) is 10.9 Å². The summed E-state index contributed by atoms with van der Waals surface area (Å²) in [5.74, 6) is 2.71. The summed E-state index contributed by atoms with van der Waals surface area (Å²) < 4.78 is 17.6. The third-order valence-electron chi connectivity index (χ3n) is 5.55. The zero-order valence-electron chi connectivity index (χ0n) is 18.2. The molecule has 1 aromatic rings. The first-order chi connectivity index (χ1) is 14.1. The van der Waals surface area contributed by atoms with Crippen LogP contribution in [0.25, 0.3) is 0 Å². The Bertz CT molecular complexity index is 705. The molecule has 0 aliphatic carbocycles. The van der Waals surface area contributed by atoms with E-state index in [0.717, 1.165) is 68.6 Å². The van der Waals surface area contributed by atoms with E-state index >= 15 is 0 Å². The molecule has 1 atom stereocenters. The van der Waals surface area contributed by atoms with Crippen LogP contribution in [0.3, 0.4) is 0 Å². The molecule has 29 heavy (non-hydrogen) atoms. The average Bonchev–Trinajstić information content (AvgIpc) is 3.09. The number of benzene rings is 1. The summed E-state index contributed by atoms with van der Waals surface area (Å²) in [5.41, 5.74) is 2.28. The van der Waals surface area contributed by atoms with Crippen molar-refractivity contribution >= 4 is 17.7 Å². The predicted molar refractivity (Wildman–Crippen MR) is 121 cm³/mol. The molecule has 1 aromatic carbocycles. The van der Waals surface area contributed by atoms with E-state index in [0.29, 0.717) is 13.2 Å². The van der Waals surface area contributed by atoms with Gasteiger partial charge >= 0.3 is 0 Å². The van der Waals surface area contributed by atoms with Gasteiger partial charge in [0, 0.05) is 48.6 Å². The van der Waals surface area contributed by atoms with E-state index in [1.54, 1.807) is 0 Å². The molecule has 0 spiro atoms. The molecule has 162 valence electrons. The van der Waals surface area contributed by atoms with E-state index in [1.165, 1.54) is 5.56 Å². The van der Waals surface area contributed by atoms with Gasteiger partial charge in [-0.3, -0.25) is 0 Å². The van der Waals surface area contributed by atoms with Gasteiger partial charge < -0.3 is 24.8 Å². The van der Waals surface area contributed by atoms with Crippen molar-refractivity contribution < 1.29 is 14.2 Å². The molecule has 2 aliphatic rings. The highest BCUT2D eigenvalue weighted by Crippen LogP contribution is 2.36. The molecule has 2 aliphatic heterocycles. The number of nitrogens with one attached hydrogen (secondary N) is 2. The number of nitrogens with zero attached hydrogens (tertiary/aromatic N) is 1. The fourth-order valence-electron chi connectivity index (χ4n) is 3.84. The van der Waals surface area contributed by atoms with Gasteiger partial charge in [-0.15, -0.1) is 0 Å². The third kappa shape index (κ3) is 5.72. The number of thioether (sulfide) groups is 1. The molecule has 1 saturated heterocycles. The molecule has 0 amide bonds. The number of hydrogen-bond donors (Lipinski definition) is 2. The number of rotatable bonds is 8. The van der Waals surface area contributed by atoms with Crippen LogP contribution in [0.15, 0.2) is 17.1 Å². The van der Waals surface area contributed by atoms with Crippen molar-refractivity contribution in [1.29, 1.82) is 0 Å². The number of ether oxygens (including phenoxy) is 3. The van der Waals surface area contributed by atoms with Crippen LogP contribution in [0, 0.1) is 0 Å². The van der Waals surface area contributed by atoms with Crippen LogP contribution >= 0.6 is 11.8 Å². The maximum absolute atomic E-state index is 5.94. The number of hydrogen-bond acceptors (Lipinski definition) is 5. The van der Waals surface area contributed by atoms with Crippen molar-refractivity contribution in [2.24, 2.45) is 4.99 Å². The van der Waals surface area contributed by atoms with Gasteiger partial charge in [-0.1, -0.05) is 0 Å². The zero-order chi connectivity index (χ0) is 20.7. The van der Waals surface area contributed by atoms with Gasteiger partial charge in [-0.2, -0.15) is 11.8 Å². The summed E-state index contributed by atoms with van der Waals surface area (Å²) >= 11 is 1.93. The summed E-state index contributed by atoms with van der Waals surface area (Å²) in [7, 11) is 0. The molecule has 1 fully saturated rings. The molecule has 1 unspecified atom stereocenters. The lowest BCUT2D eigenvalue weighted by atomic mass is 9.99. The third-order valence-corrected chi connectivity index (χ3v) is 6.96. The minimum Gasteiger partial charge on any atom is -0.494 e. The fourth-order valence-corrected chi connectivity index (χ4v) is 4.63. The monoisotopic (exact) mass is 421 g/mol. The van der Waals surface area contributed by atoms with Crippen LogP contribution < -0.4 is 20.1 Å². The van der Waals surface area contributed by atoms with Crippen molar-refractivity contribution in [3.63, 3.8) is 0 Å². The molecule has 0 aromatic heterocycles. The van der Waals surface area contributed by atoms with Crippen LogP contribution in [0.5, 0.6) is 11.5 Å². The van der Waals surface area contributed by atoms with Crippen LogP contribution in [0.1, 0.15) is 44.7 Å². The van der Waals surface area contributed by atoms with Gasteiger partial charge in [0.25, 0.3) is 0 Å². The topological polar surface area (TPSA) is 64.1 Å². The van der Waals surface area contributed by atoms with E-state index in [1.807, 2.05) is 18.7 Å². The van der Waals surface area contributed by atoms with Crippen LogP contribution in [-0.4, -0.2) is 56.0 Å². The summed E-state index contributed by atoms with van der Waals surface area (Å²) in [6.45, 7) is 10.8. The molecular weight excluding hydrogens is 386 g/mol. The number of guanidine groups is 1. The standard InChI is InChI=1S/C22H35N3O3S/c1-5-23-21(25-15-22(29-4)7-9-26-10-8-22)24-14-18-13-20-17(11-16(3)28-20)12-19(18)27-6-2/h12-13,16H,5-11,14-15H2,1-4H3,(H2,23,24,25). The molecule has 7 heteroatoms. The molecule has 0 bridgehead atoms. The van der Waals surface area contributed by atoms with Crippen molar-refractivity contribution in [1.82, 2.24) is 10.6 Å². The van der Waals surface area contributed by atoms with Gasteiger partial charge in [0.15, 0.2) is 5.96 Å². The summed E-state index contributed by atoms with van der Waals surface area (Å²) in [6, 6.07) is 4.22. The molecule has 0 radical (unpaired) electrons. The second-order valence-electron chi connectivity index (χ2n) is 7.68. The maximum Gasteiger partial charge on any atom is 0.191 e. The second-order valence-corrected chi connectivity index (χ2v) is 8.96. The lowest BCUT2D eigenvalue weighted by Crippen LogP contribution is -2.47. The Morgan fingerprint density at radius 1 is 1.28 bits per heavy atom. The largest absolute Gasteiger partial charge is 0.494 e. The molecule has 2 N–H and O–H groups in total. The quantitative estimate of drug-likeness (QED) is 0.496. The van der Waals surface area contributed by atoms with Crippen LogP contribution in [0.2, 0.25) is 0 Å². The first kappa shape index (κ1) is 22.1. The normalized spacial score (nSPS) is 20.7. The first-order valence-electron chi connectivity index (χ1n) is 10.7. The zero-order valence-corrected chi connectivity index (χ0v) is 19.0. The molecule has 6 nitrogen and oxygen atoms in total. The lowest BCUT2D eigenvalue weighted by Gasteiger charge is -2.36. The van der Waals surface area contributed by atoms with Gasteiger partial charge in [0.2, 0.25) is 0 Å². The van der Waals surface area contributed by atoms with Crippen molar-refractivity contribution in [2.45, 2.75) is 57.4 Å². The van der Waals surface area contributed by atoms with Gasteiger partial charge in [-0.05, 0) is 52.0 Å². The predicted octanol–water partition coefficient (Wildman–Crippen LogP) is 3.38. The highest BCUT2D eigenvalue weighted by atomic mass is 32.2. The van der Waals surface area contributed by atoms with Gasteiger partial charge in [0.05, 0.1) is 13.2 Å². The van der Waals surface area contributed by atoms with Gasteiger partial charge in [-0.25, -0.2) is 4.99 Å². The number of aliphatic imine (C=N–C) groups is 1. The van der Waals surface area contributed by atoms with E-state index < -0.39 is 0 Å².